The van der Waals surface area contributed by atoms with Crippen molar-refractivity contribution in [3.05, 3.63) is 52.8 Å². The minimum Gasteiger partial charge on any atom is -0.511 e. The summed E-state index contributed by atoms with van der Waals surface area (Å²) in [6.07, 6.45) is 0.0668. The van der Waals surface area contributed by atoms with Crippen molar-refractivity contribution in [2.24, 2.45) is 0 Å². The summed E-state index contributed by atoms with van der Waals surface area (Å²) in [5.74, 6) is 0.586. The average molecular weight is 329 g/mol. The molecular formula is C20H28O2Si. The number of ether oxygens (including phenoxy) is 1. The molecule has 1 aliphatic heterocycles. The molecule has 1 heterocycles. The van der Waals surface area contributed by atoms with Crippen molar-refractivity contribution >= 4 is 13.6 Å². The highest BCUT2D eigenvalue weighted by molar-refractivity contribution is 6.83. The smallest absolute Gasteiger partial charge is 0.105 e. The molecule has 124 valence electrons. The Bertz CT molecular complexity index is 677. The van der Waals surface area contributed by atoms with Crippen molar-refractivity contribution in [2.75, 3.05) is 6.61 Å². The van der Waals surface area contributed by atoms with Crippen molar-refractivity contribution in [3.8, 4) is 0 Å². The van der Waals surface area contributed by atoms with E-state index < -0.39 is 8.07 Å². The standard InChI is InChI=1S/C20H28O2Si/c1-13-16-15(12-22-13)19(23(5,6)20(2,3)4)18(21)17(16)14-10-8-7-9-11-14/h7-11,13,19,21H,12H2,1-6H3. The molecule has 0 bridgehead atoms. The number of aliphatic hydroxyl groups is 1. The van der Waals surface area contributed by atoms with Crippen molar-refractivity contribution in [3.63, 3.8) is 0 Å². The fourth-order valence-corrected chi connectivity index (χ4v) is 6.61. The maximum atomic E-state index is 11.2. The van der Waals surface area contributed by atoms with E-state index >= 15 is 0 Å². The predicted molar refractivity (Wildman–Crippen MR) is 99.4 cm³/mol. The molecule has 2 unspecified atom stereocenters. The molecule has 2 atom stereocenters. The number of hydrogen-bond donors (Lipinski definition) is 1. The summed E-state index contributed by atoms with van der Waals surface area (Å²) in [5, 5.41) is 11.5. The summed E-state index contributed by atoms with van der Waals surface area (Å²) in [7, 11) is -1.77. The lowest BCUT2D eigenvalue weighted by molar-refractivity contribution is 0.133. The maximum absolute atomic E-state index is 11.2. The minimum absolute atomic E-state index is 0.0668. The summed E-state index contributed by atoms with van der Waals surface area (Å²) in [5.41, 5.74) is 4.87. The topological polar surface area (TPSA) is 29.5 Å². The van der Waals surface area contributed by atoms with Gasteiger partial charge in [-0.25, -0.2) is 0 Å². The molecule has 23 heavy (non-hydrogen) atoms. The molecule has 0 saturated carbocycles. The van der Waals surface area contributed by atoms with Gasteiger partial charge in [-0.05, 0) is 28.7 Å². The molecule has 1 aromatic carbocycles. The molecule has 0 saturated heterocycles. The van der Waals surface area contributed by atoms with E-state index in [-0.39, 0.29) is 16.7 Å². The van der Waals surface area contributed by atoms with Crippen LogP contribution < -0.4 is 0 Å². The van der Waals surface area contributed by atoms with Crippen LogP contribution in [-0.4, -0.2) is 25.9 Å². The Morgan fingerprint density at radius 2 is 1.74 bits per heavy atom. The highest BCUT2D eigenvalue weighted by Gasteiger charge is 2.52. The van der Waals surface area contributed by atoms with Gasteiger partial charge in [-0.2, -0.15) is 0 Å². The first-order valence-corrected chi connectivity index (χ1v) is 11.6. The van der Waals surface area contributed by atoms with Crippen LogP contribution in [-0.2, 0) is 4.74 Å². The molecular weight excluding hydrogens is 300 g/mol. The molecule has 0 aromatic heterocycles. The molecule has 1 aliphatic carbocycles. The summed E-state index contributed by atoms with van der Waals surface area (Å²) in [6, 6.07) is 10.3. The third-order valence-corrected chi connectivity index (χ3v) is 12.0. The third kappa shape index (κ3) is 2.41. The Balaban J connectivity index is 2.20. The zero-order valence-electron chi connectivity index (χ0n) is 15.1. The molecule has 0 spiro atoms. The summed E-state index contributed by atoms with van der Waals surface area (Å²) >= 11 is 0. The quantitative estimate of drug-likeness (QED) is 0.720. The summed E-state index contributed by atoms with van der Waals surface area (Å²) in [6.45, 7) is 14.5. The molecule has 1 aromatic rings. The van der Waals surface area contributed by atoms with Crippen LogP contribution in [0.2, 0.25) is 23.7 Å². The lowest BCUT2D eigenvalue weighted by Crippen LogP contribution is -2.43. The van der Waals surface area contributed by atoms with Crippen molar-refractivity contribution < 1.29 is 9.84 Å². The fraction of sp³-hybridized carbons (Fsp3) is 0.500. The number of allylic oxidation sites excluding steroid dienone is 1. The van der Waals surface area contributed by atoms with Gasteiger partial charge in [-0.15, -0.1) is 0 Å². The lowest BCUT2D eigenvalue weighted by Gasteiger charge is -2.42. The lowest BCUT2D eigenvalue weighted by atomic mass is 9.96. The Morgan fingerprint density at radius 1 is 1.13 bits per heavy atom. The Morgan fingerprint density at radius 3 is 2.30 bits per heavy atom. The molecule has 3 rings (SSSR count). The summed E-state index contributed by atoms with van der Waals surface area (Å²) < 4.78 is 5.96. The highest BCUT2D eigenvalue weighted by Crippen LogP contribution is 2.58. The van der Waals surface area contributed by atoms with Crippen LogP contribution in [0.3, 0.4) is 0 Å². The van der Waals surface area contributed by atoms with E-state index in [2.05, 4.69) is 52.9 Å². The average Bonchev–Trinajstić information content (AvgIpc) is 2.96. The van der Waals surface area contributed by atoms with Gasteiger partial charge in [0.05, 0.1) is 20.8 Å². The van der Waals surface area contributed by atoms with Gasteiger partial charge in [0, 0.05) is 11.1 Å². The summed E-state index contributed by atoms with van der Waals surface area (Å²) in [4.78, 5) is 0. The maximum Gasteiger partial charge on any atom is 0.105 e. The van der Waals surface area contributed by atoms with Gasteiger partial charge in [0.1, 0.15) is 5.76 Å². The number of hydrogen-bond acceptors (Lipinski definition) is 2. The van der Waals surface area contributed by atoms with Gasteiger partial charge >= 0.3 is 0 Å². The van der Waals surface area contributed by atoms with Crippen molar-refractivity contribution in [1.29, 1.82) is 0 Å². The van der Waals surface area contributed by atoms with E-state index in [1.807, 2.05) is 18.2 Å². The SMILES string of the molecule is CC1OCC2=C1C(c1ccccc1)=C(O)C2[Si](C)(C)C(C)(C)C. The van der Waals surface area contributed by atoms with E-state index in [0.717, 1.165) is 11.1 Å². The zero-order chi connectivity index (χ0) is 17.0. The molecule has 2 nitrogen and oxygen atoms in total. The normalized spacial score (nSPS) is 25.3. The van der Waals surface area contributed by atoms with Gasteiger partial charge in [0.15, 0.2) is 0 Å². The molecule has 3 heteroatoms. The van der Waals surface area contributed by atoms with Crippen LogP contribution in [0, 0.1) is 0 Å². The molecule has 2 aliphatic rings. The Labute approximate surface area is 140 Å². The van der Waals surface area contributed by atoms with Crippen LogP contribution in [0.25, 0.3) is 5.57 Å². The van der Waals surface area contributed by atoms with E-state index in [1.54, 1.807) is 0 Å². The fourth-order valence-electron chi connectivity index (χ4n) is 3.81. The largest absolute Gasteiger partial charge is 0.511 e. The van der Waals surface area contributed by atoms with Crippen molar-refractivity contribution in [1.82, 2.24) is 0 Å². The predicted octanol–water partition coefficient (Wildman–Crippen LogP) is 5.56. The highest BCUT2D eigenvalue weighted by atomic mass is 28.3. The van der Waals surface area contributed by atoms with Gasteiger partial charge in [0.25, 0.3) is 0 Å². The van der Waals surface area contributed by atoms with Gasteiger partial charge in [-0.3, -0.25) is 0 Å². The molecule has 0 fully saturated rings. The van der Waals surface area contributed by atoms with Crippen molar-refractivity contribution in [2.45, 2.75) is 57.5 Å². The second-order valence-electron chi connectivity index (χ2n) is 8.42. The van der Waals surface area contributed by atoms with Crippen LogP contribution in [0.15, 0.2) is 47.2 Å². The first kappa shape index (κ1) is 16.5. The van der Waals surface area contributed by atoms with Gasteiger partial charge in [0.2, 0.25) is 0 Å². The first-order valence-electron chi connectivity index (χ1n) is 8.49. The van der Waals surface area contributed by atoms with Gasteiger partial charge in [-0.1, -0.05) is 64.2 Å². The molecule has 0 radical (unpaired) electrons. The number of aliphatic hydroxyl groups excluding tert-OH is 1. The van der Waals surface area contributed by atoms with Crippen LogP contribution in [0.5, 0.6) is 0 Å². The second kappa shape index (κ2) is 5.35. The Kier molecular flexibility index (Phi) is 3.85. The third-order valence-electron chi connectivity index (χ3n) is 6.11. The molecule has 0 amide bonds. The number of rotatable bonds is 2. The zero-order valence-corrected chi connectivity index (χ0v) is 16.1. The van der Waals surface area contributed by atoms with Gasteiger partial charge < -0.3 is 9.84 Å². The van der Waals surface area contributed by atoms with E-state index in [9.17, 15) is 5.11 Å². The van der Waals surface area contributed by atoms with Crippen LogP contribution in [0.4, 0.5) is 0 Å². The van der Waals surface area contributed by atoms with E-state index in [1.165, 1.54) is 11.1 Å². The number of benzene rings is 1. The molecule has 1 N–H and O–H groups in total. The van der Waals surface area contributed by atoms with E-state index in [0.29, 0.717) is 12.4 Å². The second-order valence-corrected chi connectivity index (χ2v) is 13.9. The minimum atomic E-state index is -1.77. The Hall–Kier alpha value is -1.32. The first-order chi connectivity index (χ1) is 10.7. The van der Waals surface area contributed by atoms with Crippen LogP contribution >= 0.6 is 0 Å². The van der Waals surface area contributed by atoms with Crippen LogP contribution in [0.1, 0.15) is 33.3 Å². The monoisotopic (exact) mass is 328 g/mol. The van der Waals surface area contributed by atoms with E-state index in [4.69, 9.17) is 4.74 Å².